The Morgan fingerprint density at radius 3 is 2.47 bits per heavy atom. The van der Waals surface area contributed by atoms with Gasteiger partial charge in [-0.15, -0.1) is 0 Å². The van der Waals surface area contributed by atoms with Crippen LogP contribution in [-0.2, 0) is 9.47 Å². The van der Waals surface area contributed by atoms with E-state index in [2.05, 4.69) is 5.32 Å². The third kappa shape index (κ3) is 9.48. The molecular formula is C13H23NO3. The highest BCUT2D eigenvalue weighted by Gasteiger charge is 2.15. The van der Waals surface area contributed by atoms with Gasteiger partial charge in [0.2, 0.25) is 0 Å². The van der Waals surface area contributed by atoms with Gasteiger partial charge in [-0.05, 0) is 38.8 Å². The van der Waals surface area contributed by atoms with Crippen molar-refractivity contribution in [3.05, 3.63) is 24.0 Å². The Balaban J connectivity index is 4.18. The van der Waals surface area contributed by atoms with E-state index in [-0.39, 0.29) is 0 Å². The lowest BCUT2D eigenvalue weighted by Gasteiger charge is -2.19. The van der Waals surface area contributed by atoms with Crippen molar-refractivity contribution in [2.45, 2.75) is 39.7 Å². The smallest absolute Gasteiger partial charge is 0.407 e. The summed E-state index contributed by atoms with van der Waals surface area (Å²) in [5.74, 6) is 0. The molecule has 0 bridgehead atoms. The van der Waals surface area contributed by atoms with Gasteiger partial charge in [0.1, 0.15) is 5.60 Å². The molecular weight excluding hydrogens is 218 g/mol. The molecule has 0 aliphatic rings. The molecule has 4 heteroatoms. The van der Waals surface area contributed by atoms with Gasteiger partial charge in [-0.2, -0.15) is 0 Å². The van der Waals surface area contributed by atoms with Gasteiger partial charge in [0.15, 0.2) is 0 Å². The first-order valence-corrected chi connectivity index (χ1v) is 5.74. The highest BCUT2D eigenvalue weighted by molar-refractivity contribution is 5.68. The normalized spacial score (nSPS) is 12.6. The van der Waals surface area contributed by atoms with Crippen LogP contribution < -0.4 is 5.32 Å². The number of nitrogens with one attached hydrogen (secondary N) is 1. The molecule has 0 spiro atoms. The van der Waals surface area contributed by atoms with Crippen LogP contribution in [0.4, 0.5) is 4.79 Å². The van der Waals surface area contributed by atoms with Crippen molar-refractivity contribution < 1.29 is 14.3 Å². The first-order valence-electron chi connectivity index (χ1n) is 5.74. The van der Waals surface area contributed by atoms with Crippen molar-refractivity contribution in [2.75, 3.05) is 13.7 Å². The average Bonchev–Trinajstić information content (AvgIpc) is 2.19. The van der Waals surface area contributed by atoms with Crippen LogP contribution in [-0.4, -0.2) is 25.3 Å². The molecule has 1 N–H and O–H groups in total. The zero-order valence-electron chi connectivity index (χ0n) is 11.4. The Labute approximate surface area is 104 Å². The minimum Gasteiger partial charge on any atom is -0.504 e. The number of carbonyl (C=O) groups excluding carboxylic acids is 1. The number of carbonyl (C=O) groups is 1. The third-order valence-corrected chi connectivity index (χ3v) is 1.72. The summed E-state index contributed by atoms with van der Waals surface area (Å²) in [5.41, 5.74) is 0.515. The summed E-state index contributed by atoms with van der Waals surface area (Å²) in [7, 11) is 1.58. The zero-order valence-corrected chi connectivity index (χ0v) is 11.4. The second-order valence-electron chi connectivity index (χ2n) is 4.58. The largest absolute Gasteiger partial charge is 0.504 e. The second kappa shape index (κ2) is 7.76. The number of allylic oxidation sites excluding steroid dienone is 1. The van der Waals surface area contributed by atoms with Gasteiger partial charge in [-0.25, -0.2) is 4.79 Å². The molecule has 1 amide bonds. The van der Waals surface area contributed by atoms with Crippen LogP contribution in [0.2, 0.25) is 0 Å². The van der Waals surface area contributed by atoms with Gasteiger partial charge >= 0.3 is 6.09 Å². The Kier molecular flexibility index (Phi) is 7.10. The summed E-state index contributed by atoms with van der Waals surface area (Å²) in [6.45, 7) is 7.97. The lowest BCUT2D eigenvalue weighted by Crippen LogP contribution is -2.33. The van der Waals surface area contributed by atoms with Crippen molar-refractivity contribution in [1.82, 2.24) is 5.32 Å². The highest BCUT2D eigenvalue weighted by atomic mass is 16.6. The van der Waals surface area contributed by atoms with Crippen LogP contribution in [0.5, 0.6) is 0 Å². The lowest BCUT2D eigenvalue weighted by atomic mass is 10.2. The fraction of sp³-hybridized carbons (Fsp3) is 0.615. The van der Waals surface area contributed by atoms with Crippen molar-refractivity contribution in [1.29, 1.82) is 0 Å². The van der Waals surface area contributed by atoms with E-state index in [0.717, 1.165) is 12.0 Å². The van der Waals surface area contributed by atoms with Crippen molar-refractivity contribution in [3.63, 3.8) is 0 Å². The quantitative estimate of drug-likeness (QED) is 0.594. The average molecular weight is 241 g/mol. The number of ether oxygens (including phenoxy) is 2. The summed E-state index contributed by atoms with van der Waals surface area (Å²) in [5, 5.41) is 2.70. The van der Waals surface area contributed by atoms with E-state index in [4.69, 9.17) is 9.47 Å². The van der Waals surface area contributed by atoms with Crippen LogP contribution in [0.25, 0.3) is 0 Å². The van der Waals surface area contributed by atoms with Gasteiger partial charge in [-0.1, -0.05) is 13.0 Å². The third-order valence-electron chi connectivity index (χ3n) is 1.72. The molecule has 0 aromatic carbocycles. The molecule has 0 atom stereocenters. The molecule has 0 aliphatic carbocycles. The Bertz CT molecular complexity index is 288. The van der Waals surface area contributed by atoms with E-state index >= 15 is 0 Å². The van der Waals surface area contributed by atoms with Gasteiger partial charge in [-0.3, -0.25) is 0 Å². The van der Waals surface area contributed by atoms with Gasteiger partial charge in [0.25, 0.3) is 0 Å². The van der Waals surface area contributed by atoms with Gasteiger partial charge in [0.05, 0.1) is 13.4 Å². The first kappa shape index (κ1) is 15.6. The van der Waals surface area contributed by atoms with E-state index < -0.39 is 11.7 Å². The standard InChI is InChI=1S/C13H23NO3/c1-6-7-11(8-9-16-5)10-14-12(15)17-13(2,3)4/h7-9H,6,10H2,1-5H3,(H,14,15)/b9-8-,11-7+. The molecule has 0 saturated heterocycles. The number of hydrogen-bond donors (Lipinski definition) is 1. The molecule has 17 heavy (non-hydrogen) atoms. The molecule has 0 radical (unpaired) electrons. The molecule has 0 rings (SSSR count). The zero-order chi connectivity index (χ0) is 13.3. The van der Waals surface area contributed by atoms with E-state index in [1.165, 1.54) is 0 Å². The number of alkyl carbamates (subject to hydrolysis) is 1. The van der Waals surface area contributed by atoms with Crippen LogP contribution in [0.3, 0.4) is 0 Å². The summed E-state index contributed by atoms with van der Waals surface area (Å²) < 4.78 is 9.98. The van der Waals surface area contributed by atoms with Crippen molar-refractivity contribution >= 4 is 6.09 Å². The maximum Gasteiger partial charge on any atom is 0.407 e. The van der Waals surface area contributed by atoms with Crippen LogP contribution in [0.1, 0.15) is 34.1 Å². The molecule has 4 nitrogen and oxygen atoms in total. The van der Waals surface area contributed by atoms with Gasteiger partial charge < -0.3 is 14.8 Å². The molecule has 98 valence electrons. The Morgan fingerprint density at radius 1 is 1.35 bits per heavy atom. The number of rotatable bonds is 5. The number of hydrogen-bond acceptors (Lipinski definition) is 3. The summed E-state index contributed by atoms with van der Waals surface area (Å²) in [4.78, 5) is 11.4. The minimum atomic E-state index is -0.471. The Morgan fingerprint density at radius 2 is 2.00 bits per heavy atom. The summed E-state index contributed by atoms with van der Waals surface area (Å²) >= 11 is 0. The van der Waals surface area contributed by atoms with Crippen LogP contribution >= 0.6 is 0 Å². The SMILES string of the molecule is CC/C=C(\C=C/OC)CNC(=O)OC(C)(C)C. The molecule has 0 fully saturated rings. The van der Waals surface area contributed by atoms with Crippen molar-refractivity contribution in [3.8, 4) is 0 Å². The maximum atomic E-state index is 11.4. The molecule has 0 saturated carbocycles. The predicted octanol–water partition coefficient (Wildman–Crippen LogP) is 3.01. The number of amides is 1. The fourth-order valence-corrected chi connectivity index (χ4v) is 1.11. The molecule has 0 heterocycles. The first-order chi connectivity index (χ1) is 7.89. The molecule has 0 aromatic rings. The topological polar surface area (TPSA) is 47.6 Å². The predicted molar refractivity (Wildman–Crippen MR) is 68.8 cm³/mol. The molecule has 0 aromatic heterocycles. The second-order valence-corrected chi connectivity index (χ2v) is 4.58. The molecule has 0 unspecified atom stereocenters. The van der Waals surface area contributed by atoms with Crippen molar-refractivity contribution in [2.24, 2.45) is 0 Å². The lowest BCUT2D eigenvalue weighted by molar-refractivity contribution is 0.0533. The van der Waals surface area contributed by atoms with Gasteiger partial charge in [0, 0.05) is 6.54 Å². The van der Waals surface area contributed by atoms with Crippen LogP contribution in [0, 0.1) is 0 Å². The summed E-state index contributed by atoms with van der Waals surface area (Å²) in [6.07, 6.45) is 5.91. The fourth-order valence-electron chi connectivity index (χ4n) is 1.11. The minimum absolute atomic E-state index is 0.412. The molecule has 0 aliphatic heterocycles. The van der Waals surface area contributed by atoms with E-state index in [1.54, 1.807) is 13.4 Å². The monoisotopic (exact) mass is 241 g/mol. The summed E-state index contributed by atoms with van der Waals surface area (Å²) in [6, 6.07) is 0. The van der Waals surface area contributed by atoms with E-state index in [1.807, 2.05) is 39.8 Å². The highest BCUT2D eigenvalue weighted by Crippen LogP contribution is 2.06. The van der Waals surface area contributed by atoms with E-state index in [9.17, 15) is 4.79 Å². The Hall–Kier alpha value is -1.45. The van der Waals surface area contributed by atoms with E-state index in [0.29, 0.717) is 6.54 Å². The number of methoxy groups -OCH3 is 1. The van der Waals surface area contributed by atoms with Crippen LogP contribution in [0.15, 0.2) is 24.0 Å². The maximum absolute atomic E-state index is 11.4.